The summed E-state index contributed by atoms with van der Waals surface area (Å²) in [5.74, 6) is -2.44. The largest absolute Gasteiger partial charge is 0.301 e. The van der Waals surface area contributed by atoms with E-state index in [2.05, 4.69) is 11.8 Å². The van der Waals surface area contributed by atoms with Crippen molar-refractivity contribution < 1.29 is 8.78 Å². The quantitative estimate of drug-likeness (QED) is 0.668. The highest BCUT2D eigenvalue weighted by Crippen LogP contribution is 2.41. The second-order valence-electron chi connectivity index (χ2n) is 5.06. The normalized spacial score (nSPS) is 41.2. The molecule has 3 unspecified atom stereocenters. The van der Waals surface area contributed by atoms with E-state index in [1.807, 2.05) is 0 Å². The molecular weight excluding hydrogens is 220 g/mol. The molecule has 0 aromatic carbocycles. The van der Waals surface area contributed by atoms with Crippen molar-refractivity contribution in [3.8, 4) is 0 Å². The van der Waals surface area contributed by atoms with Crippen LogP contribution in [0, 0.1) is 11.8 Å². The molecule has 2 aliphatic rings. The number of hydrogen-bond acceptors (Lipinski definition) is 1. The lowest BCUT2D eigenvalue weighted by molar-refractivity contribution is -0.0457. The first-order valence-corrected chi connectivity index (χ1v) is 6.17. The monoisotopic (exact) mass is 237 g/mol. The minimum Gasteiger partial charge on any atom is -0.301 e. The second kappa shape index (κ2) is 4.17. The minimum absolute atomic E-state index is 0.0748. The highest BCUT2D eigenvalue weighted by atomic mass is 35.5. The maximum absolute atomic E-state index is 13.4. The van der Waals surface area contributed by atoms with Crippen molar-refractivity contribution in [2.75, 3.05) is 19.6 Å². The number of alkyl halides is 3. The molecule has 2 rings (SSSR count). The first-order chi connectivity index (χ1) is 6.99. The van der Waals surface area contributed by atoms with Crippen LogP contribution in [0.25, 0.3) is 0 Å². The third kappa shape index (κ3) is 2.44. The van der Waals surface area contributed by atoms with E-state index >= 15 is 0 Å². The van der Waals surface area contributed by atoms with Gasteiger partial charge in [0.2, 0.25) is 0 Å². The molecule has 1 saturated carbocycles. The Balaban J connectivity index is 1.88. The molecule has 0 bridgehead atoms. The Morgan fingerprint density at radius 1 is 1.40 bits per heavy atom. The predicted octanol–water partition coefficient (Wildman–Crippen LogP) is 2.98. The van der Waals surface area contributed by atoms with Gasteiger partial charge >= 0.3 is 0 Å². The fourth-order valence-electron chi connectivity index (χ4n) is 2.71. The van der Waals surface area contributed by atoms with Crippen LogP contribution in [0.2, 0.25) is 0 Å². The van der Waals surface area contributed by atoms with Crippen molar-refractivity contribution >= 4 is 11.6 Å². The van der Waals surface area contributed by atoms with Crippen molar-refractivity contribution in [3.05, 3.63) is 0 Å². The van der Waals surface area contributed by atoms with Crippen LogP contribution in [-0.4, -0.2) is 35.8 Å². The first-order valence-electron chi connectivity index (χ1n) is 5.73. The molecule has 1 nitrogen and oxygen atoms in total. The Morgan fingerprint density at radius 3 is 2.60 bits per heavy atom. The fourth-order valence-corrected chi connectivity index (χ4v) is 2.98. The predicted molar refractivity (Wildman–Crippen MR) is 57.5 cm³/mol. The molecule has 1 heterocycles. The van der Waals surface area contributed by atoms with Crippen molar-refractivity contribution in [1.29, 1.82) is 0 Å². The number of nitrogens with zero attached hydrogens (tertiary/aromatic N) is 1. The average Bonchev–Trinajstić information content (AvgIpc) is 2.59. The molecule has 0 spiro atoms. The topological polar surface area (TPSA) is 3.24 Å². The minimum atomic E-state index is -2.44. The summed E-state index contributed by atoms with van der Waals surface area (Å²) in [6, 6.07) is 0. The average molecular weight is 238 g/mol. The molecule has 0 N–H and O–H groups in total. The van der Waals surface area contributed by atoms with Crippen molar-refractivity contribution in [2.45, 2.75) is 37.5 Å². The molecule has 4 heteroatoms. The molecule has 1 aliphatic heterocycles. The van der Waals surface area contributed by atoms with Gasteiger partial charge in [-0.1, -0.05) is 6.92 Å². The fraction of sp³-hybridized carbons (Fsp3) is 1.00. The van der Waals surface area contributed by atoms with E-state index < -0.39 is 11.8 Å². The van der Waals surface area contributed by atoms with Gasteiger partial charge in [-0.25, -0.2) is 8.78 Å². The summed E-state index contributed by atoms with van der Waals surface area (Å²) in [6.07, 6.45) is 1.42. The van der Waals surface area contributed by atoms with Gasteiger partial charge in [0.1, 0.15) is 0 Å². The van der Waals surface area contributed by atoms with Gasteiger partial charge in [-0.2, -0.15) is 0 Å². The highest BCUT2D eigenvalue weighted by molar-refractivity contribution is 6.21. The lowest BCUT2D eigenvalue weighted by Crippen LogP contribution is -2.34. The van der Waals surface area contributed by atoms with Crippen LogP contribution in [0.4, 0.5) is 8.78 Å². The van der Waals surface area contributed by atoms with Crippen molar-refractivity contribution in [2.24, 2.45) is 11.8 Å². The van der Waals surface area contributed by atoms with Gasteiger partial charge < -0.3 is 4.90 Å². The zero-order chi connectivity index (χ0) is 11.1. The summed E-state index contributed by atoms with van der Waals surface area (Å²) in [5.41, 5.74) is 0. The summed E-state index contributed by atoms with van der Waals surface area (Å²) in [7, 11) is 0. The number of likely N-dealkylation sites (tertiary alicyclic amines) is 1. The van der Waals surface area contributed by atoms with Gasteiger partial charge in [0.25, 0.3) is 5.92 Å². The van der Waals surface area contributed by atoms with Crippen LogP contribution in [0.3, 0.4) is 0 Å². The van der Waals surface area contributed by atoms with Gasteiger partial charge in [0.15, 0.2) is 0 Å². The zero-order valence-electron chi connectivity index (χ0n) is 9.06. The molecule has 0 aromatic rings. The van der Waals surface area contributed by atoms with E-state index in [1.54, 1.807) is 0 Å². The van der Waals surface area contributed by atoms with Crippen LogP contribution in [0.15, 0.2) is 0 Å². The molecule has 15 heavy (non-hydrogen) atoms. The van der Waals surface area contributed by atoms with Crippen LogP contribution >= 0.6 is 11.6 Å². The van der Waals surface area contributed by atoms with E-state index in [9.17, 15) is 8.78 Å². The Kier molecular flexibility index (Phi) is 3.22. The molecule has 1 saturated heterocycles. The van der Waals surface area contributed by atoms with E-state index in [0.717, 1.165) is 13.1 Å². The van der Waals surface area contributed by atoms with E-state index in [4.69, 9.17) is 11.6 Å². The molecular formula is C11H18ClF2N. The SMILES string of the molecule is CC1CN(CC2CCCC2(F)F)CC1Cl. The van der Waals surface area contributed by atoms with E-state index in [1.165, 1.54) is 0 Å². The lowest BCUT2D eigenvalue weighted by atomic mass is 10.0. The molecule has 88 valence electrons. The third-order valence-corrected chi connectivity index (χ3v) is 4.30. The maximum atomic E-state index is 13.4. The first kappa shape index (κ1) is 11.6. The van der Waals surface area contributed by atoms with Crippen LogP contribution in [-0.2, 0) is 0 Å². The van der Waals surface area contributed by atoms with E-state index in [-0.39, 0.29) is 11.8 Å². The van der Waals surface area contributed by atoms with Crippen LogP contribution < -0.4 is 0 Å². The lowest BCUT2D eigenvalue weighted by Gasteiger charge is -2.24. The summed E-state index contributed by atoms with van der Waals surface area (Å²) in [5, 5.41) is 0.139. The van der Waals surface area contributed by atoms with Gasteiger partial charge in [-0.15, -0.1) is 11.6 Å². The van der Waals surface area contributed by atoms with Gasteiger partial charge in [-0.3, -0.25) is 0 Å². The molecule has 0 amide bonds. The standard InChI is InChI=1S/C11H18ClF2N/c1-8-5-15(7-10(8)12)6-9-3-2-4-11(9,13)14/h8-10H,2-7H2,1H3. The highest BCUT2D eigenvalue weighted by Gasteiger charge is 2.45. The van der Waals surface area contributed by atoms with Crippen LogP contribution in [0.1, 0.15) is 26.2 Å². The Hall–Kier alpha value is 0.110. The number of halogens is 3. The van der Waals surface area contributed by atoms with Gasteiger partial charge in [0, 0.05) is 32.0 Å². The van der Waals surface area contributed by atoms with Crippen molar-refractivity contribution in [3.63, 3.8) is 0 Å². The molecule has 1 aliphatic carbocycles. The van der Waals surface area contributed by atoms with E-state index in [0.29, 0.717) is 25.3 Å². The summed E-state index contributed by atoms with van der Waals surface area (Å²) in [4.78, 5) is 2.10. The summed E-state index contributed by atoms with van der Waals surface area (Å²) >= 11 is 6.08. The van der Waals surface area contributed by atoms with Gasteiger partial charge in [-0.05, 0) is 18.8 Å². The van der Waals surface area contributed by atoms with Crippen molar-refractivity contribution in [1.82, 2.24) is 4.90 Å². The Bertz CT molecular complexity index is 225. The smallest absolute Gasteiger partial charge is 0.252 e. The second-order valence-corrected chi connectivity index (χ2v) is 5.62. The number of hydrogen-bond donors (Lipinski definition) is 0. The molecule has 0 aromatic heterocycles. The summed E-state index contributed by atoms with van der Waals surface area (Å²) < 4.78 is 26.8. The maximum Gasteiger partial charge on any atom is 0.252 e. The Labute approximate surface area is 94.8 Å². The molecule has 3 atom stereocenters. The third-order valence-electron chi connectivity index (χ3n) is 3.73. The van der Waals surface area contributed by atoms with Crippen LogP contribution in [0.5, 0.6) is 0 Å². The summed E-state index contributed by atoms with van der Waals surface area (Å²) in [6.45, 7) is 4.26. The van der Waals surface area contributed by atoms with Gasteiger partial charge in [0.05, 0.1) is 5.38 Å². The Morgan fingerprint density at radius 2 is 2.13 bits per heavy atom. The molecule has 0 radical (unpaired) electrons. The molecule has 2 fully saturated rings. The zero-order valence-corrected chi connectivity index (χ0v) is 9.81. The number of rotatable bonds is 2.